The Morgan fingerprint density at radius 3 is 2.83 bits per heavy atom. The van der Waals surface area contributed by atoms with Gasteiger partial charge >= 0.3 is 6.09 Å². The molecule has 1 heterocycles. The van der Waals surface area contributed by atoms with Crippen LogP contribution in [0, 0.1) is 5.92 Å². The van der Waals surface area contributed by atoms with Crippen LogP contribution in [0.15, 0.2) is 24.3 Å². The van der Waals surface area contributed by atoms with Gasteiger partial charge in [-0.1, -0.05) is 31.2 Å². The van der Waals surface area contributed by atoms with E-state index in [1.165, 1.54) is 11.1 Å². The van der Waals surface area contributed by atoms with Crippen LogP contribution in [0.3, 0.4) is 0 Å². The molecule has 23 heavy (non-hydrogen) atoms. The van der Waals surface area contributed by atoms with Crippen LogP contribution in [0.4, 0.5) is 4.79 Å². The number of carbonyl (C=O) groups excluding carboxylic acids is 1. The number of rotatable bonds is 4. The quantitative estimate of drug-likeness (QED) is 0.661. The Balaban J connectivity index is 2.05. The number of hydrogen-bond acceptors (Lipinski definition) is 4. The number of aryl methyl sites for hydroxylation is 1. The van der Waals surface area contributed by atoms with E-state index in [-0.39, 0.29) is 12.1 Å². The summed E-state index contributed by atoms with van der Waals surface area (Å²) < 4.78 is 5.46. The van der Waals surface area contributed by atoms with Crippen LogP contribution in [0.5, 0.6) is 0 Å². The topological polar surface area (TPSA) is 67.6 Å². The van der Waals surface area contributed by atoms with Gasteiger partial charge in [0.05, 0.1) is 6.04 Å². The largest absolute Gasteiger partial charge is 0.444 e. The number of carbonyl (C=O) groups is 1. The maximum atomic E-state index is 12.2. The third kappa shape index (κ3) is 4.69. The molecule has 1 aliphatic rings. The molecule has 2 atom stereocenters. The van der Waals surface area contributed by atoms with Gasteiger partial charge in [0.15, 0.2) is 0 Å². The molecule has 0 aliphatic carbocycles. The molecule has 0 aromatic heterocycles. The van der Waals surface area contributed by atoms with Gasteiger partial charge < -0.3 is 9.64 Å². The molecule has 0 bridgehead atoms. The van der Waals surface area contributed by atoms with Gasteiger partial charge in [-0.3, -0.25) is 11.3 Å². The molecule has 3 N–H and O–H groups in total. The van der Waals surface area contributed by atoms with Crippen LogP contribution < -0.4 is 11.3 Å². The second-order valence-electron chi connectivity index (χ2n) is 7.22. The van der Waals surface area contributed by atoms with Crippen molar-refractivity contribution in [1.29, 1.82) is 0 Å². The zero-order chi connectivity index (χ0) is 17.0. The van der Waals surface area contributed by atoms with E-state index in [0.717, 1.165) is 12.8 Å². The molecule has 1 aromatic carbocycles. The van der Waals surface area contributed by atoms with E-state index in [1.54, 1.807) is 4.90 Å². The first-order valence-corrected chi connectivity index (χ1v) is 8.37. The first-order valence-electron chi connectivity index (χ1n) is 8.37. The highest BCUT2D eigenvalue weighted by molar-refractivity contribution is 5.68. The first kappa shape index (κ1) is 17.8. The van der Waals surface area contributed by atoms with Gasteiger partial charge in [-0.25, -0.2) is 4.79 Å². The minimum Gasteiger partial charge on any atom is -0.444 e. The predicted molar refractivity (Wildman–Crippen MR) is 91.8 cm³/mol. The number of nitrogens with zero attached hydrogens (tertiary/aromatic N) is 1. The highest BCUT2D eigenvalue weighted by Gasteiger charge is 2.34. The lowest BCUT2D eigenvalue weighted by Gasteiger charge is -2.26. The number of amides is 1. The zero-order valence-electron chi connectivity index (χ0n) is 14.6. The molecule has 0 saturated carbocycles. The lowest BCUT2D eigenvalue weighted by molar-refractivity contribution is 0.0285. The van der Waals surface area contributed by atoms with Gasteiger partial charge in [-0.15, -0.1) is 0 Å². The van der Waals surface area contributed by atoms with E-state index in [0.29, 0.717) is 19.0 Å². The molecule has 128 valence electrons. The van der Waals surface area contributed by atoms with Crippen molar-refractivity contribution in [1.82, 2.24) is 10.3 Å². The fourth-order valence-corrected chi connectivity index (χ4v) is 3.06. The van der Waals surface area contributed by atoms with Crippen molar-refractivity contribution < 1.29 is 9.53 Å². The number of benzene rings is 1. The highest BCUT2D eigenvalue weighted by Crippen LogP contribution is 2.30. The van der Waals surface area contributed by atoms with Crippen LogP contribution in [-0.4, -0.2) is 29.7 Å². The summed E-state index contributed by atoms with van der Waals surface area (Å²) in [6.45, 7) is 9.19. The van der Waals surface area contributed by atoms with Crippen molar-refractivity contribution in [3.8, 4) is 0 Å². The summed E-state index contributed by atoms with van der Waals surface area (Å²) in [6.07, 6.45) is 1.68. The Kier molecular flexibility index (Phi) is 5.65. The standard InChI is InChI=1S/C18H29N3O2/c1-5-13-7-6-8-14(11-13)16(20-19)15-9-10-21(12-15)17(22)23-18(2,3)4/h6-8,11,15-16,20H,5,9-10,12,19H2,1-4H3. The van der Waals surface area contributed by atoms with E-state index < -0.39 is 5.60 Å². The summed E-state index contributed by atoms with van der Waals surface area (Å²) in [6, 6.07) is 8.53. The monoisotopic (exact) mass is 319 g/mol. The van der Waals surface area contributed by atoms with Gasteiger partial charge in [-0.05, 0) is 50.7 Å². The van der Waals surface area contributed by atoms with Crippen molar-refractivity contribution in [2.45, 2.75) is 52.2 Å². The Bertz CT molecular complexity index is 539. The molecule has 0 radical (unpaired) electrons. The van der Waals surface area contributed by atoms with Gasteiger partial charge in [0.25, 0.3) is 0 Å². The second kappa shape index (κ2) is 7.32. The van der Waals surface area contributed by atoms with Crippen LogP contribution in [0.1, 0.15) is 51.3 Å². The third-order valence-electron chi connectivity index (χ3n) is 4.25. The Hall–Kier alpha value is -1.59. The van der Waals surface area contributed by atoms with Crippen molar-refractivity contribution in [3.63, 3.8) is 0 Å². The molecule has 1 aromatic rings. The molecular formula is C18H29N3O2. The van der Waals surface area contributed by atoms with Gasteiger partial charge in [0, 0.05) is 13.1 Å². The predicted octanol–water partition coefficient (Wildman–Crippen LogP) is 3.01. The van der Waals surface area contributed by atoms with Gasteiger partial charge in [0.2, 0.25) is 0 Å². The summed E-state index contributed by atoms with van der Waals surface area (Å²) in [4.78, 5) is 14.0. The van der Waals surface area contributed by atoms with E-state index in [1.807, 2.05) is 20.8 Å². The minimum absolute atomic E-state index is 0.0499. The highest BCUT2D eigenvalue weighted by atomic mass is 16.6. The molecular weight excluding hydrogens is 290 g/mol. The average Bonchev–Trinajstić information content (AvgIpc) is 2.96. The minimum atomic E-state index is -0.462. The fraction of sp³-hybridized carbons (Fsp3) is 0.611. The maximum Gasteiger partial charge on any atom is 0.410 e. The zero-order valence-corrected chi connectivity index (χ0v) is 14.6. The van der Waals surface area contributed by atoms with Crippen molar-refractivity contribution >= 4 is 6.09 Å². The van der Waals surface area contributed by atoms with Gasteiger partial charge in [0.1, 0.15) is 5.60 Å². The maximum absolute atomic E-state index is 12.2. The molecule has 1 saturated heterocycles. The number of ether oxygens (including phenoxy) is 1. The number of hydrazine groups is 1. The van der Waals surface area contributed by atoms with Crippen molar-refractivity contribution in [3.05, 3.63) is 35.4 Å². The Morgan fingerprint density at radius 2 is 2.22 bits per heavy atom. The molecule has 1 fully saturated rings. The summed E-state index contributed by atoms with van der Waals surface area (Å²) >= 11 is 0. The molecule has 0 spiro atoms. The lowest BCUT2D eigenvalue weighted by Crippen LogP contribution is -2.38. The van der Waals surface area contributed by atoms with E-state index >= 15 is 0 Å². The van der Waals surface area contributed by atoms with Crippen LogP contribution >= 0.6 is 0 Å². The third-order valence-corrected chi connectivity index (χ3v) is 4.25. The Morgan fingerprint density at radius 1 is 1.48 bits per heavy atom. The molecule has 5 nitrogen and oxygen atoms in total. The van der Waals surface area contributed by atoms with Crippen molar-refractivity contribution in [2.75, 3.05) is 13.1 Å². The summed E-state index contributed by atoms with van der Waals surface area (Å²) in [5, 5.41) is 0. The summed E-state index contributed by atoms with van der Waals surface area (Å²) in [5.74, 6) is 6.11. The van der Waals surface area contributed by atoms with E-state index in [2.05, 4.69) is 36.6 Å². The molecule has 2 unspecified atom stereocenters. The van der Waals surface area contributed by atoms with E-state index in [9.17, 15) is 4.79 Å². The molecule has 5 heteroatoms. The molecule has 1 aliphatic heterocycles. The smallest absolute Gasteiger partial charge is 0.410 e. The normalized spacial score (nSPS) is 19.7. The SMILES string of the molecule is CCc1cccc(C(NN)C2CCN(C(=O)OC(C)(C)C)C2)c1. The number of nitrogens with one attached hydrogen (secondary N) is 1. The van der Waals surface area contributed by atoms with E-state index in [4.69, 9.17) is 10.6 Å². The lowest BCUT2D eigenvalue weighted by atomic mass is 9.91. The average molecular weight is 319 g/mol. The fourth-order valence-electron chi connectivity index (χ4n) is 3.06. The van der Waals surface area contributed by atoms with Crippen LogP contribution in [0.25, 0.3) is 0 Å². The number of hydrogen-bond donors (Lipinski definition) is 2. The number of likely N-dealkylation sites (tertiary alicyclic amines) is 1. The number of nitrogens with two attached hydrogens (primary N) is 1. The summed E-state index contributed by atoms with van der Waals surface area (Å²) in [5.41, 5.74) is 4.96. The summed E-state index contributed by atoms with van der Waals surface area (Å²) in [7, 11) is 0. The van der Waals surface area contributed by atoms with Gasteiger partial charge in [-0.2, -0.15) is 0 Å². The van der Waals surface area contributed by atoms with Crippen LogP contribution in [0.2, 0.25) is 0 Å². The molecule has 1 amide bonds. The molecule has 2 rings (SSSR count). The first-order chi connectivity index (χ1) is 10.8. The van der Waals surface area contributed by atoms with Crippen molar-refractivity contribution in [2.24, 2.45) is 11.8 Å². The second-order valence-corrected chi connectivity index (χ2v) is 7.22. The Labute approximate surface area is 139 Å². The van der Waals surface area contributed by atoms with Crippen LogP contribution in [-0.2, 0) is 11.2 Å².